The summed E-state index contributed by atoms with van der Waals surface area (Å²) in [5.74, 6) is -1.96. The molecule has 5 nitrogen and oxygen atoms in total. The number of para-hydroxylation sites is 1. The predicted octanol–water partition coefficient (Wildman–Crippen LogP) is 1.57. The number of halogens is 1. The van der Waals surface area contributed by atoms with E-state index in [-0.39, 0.29) is 11.3 Å². The van der Waals surface area contributed by atoms with E-state index in [0.29, 0.717) is 0 Å². The average Bonchev–Trinajstić information content (AvgIpc) is 2.20. The van der Waals surface area contributed by atoms with Gasteiger partial charge in [-0.2, -0.15) is 5.10 Å². The second kappa shape index (κ2) is 4.85. The van der Waals surface area contributed by atoms with Gasteiger partial charge in [0.1, 0.15) is 11.5 Å². The van der Waals surface area contributed by atoms with E-state index in [1.165, 1.54) is 12.1 Å². The highest BCUT2D eigenvalue weighted by Crippen LogP contribution is 2.19. The summed E-state index contributed by atoms with van der Waals surface area (Å²) < 4.78 is 13.2. The lowest BCUT2D eigenvalue weighted by molar-refractivity contribution is 0.0697. The van der Waals surface area contributed by atoms with E-state index in [9.17, 15) is 9.18 Å². The summed E-state index contributed by atoms with van der Waals surface area (Å²) in [6, 6.07) is 3.67. The lowest BCUT2D eigenvalue weighted by atomic mass is 10.2. The number of aromatic carboxylic acids is 1. The van der Waals surface area contributed by atoms with Crippen molar-refractivity contribution < 1.29 is 14.3 Å². The van der Waals surface area contributed by atoms with E-state index in [1.54, 1.807) is 0 Å². The molecular weight excluding hydrogens is 201 g/mol. The number of hydrogen-bond donors (Lipinski definition) is 3. The third-order valence-electron chi connectivity index (χ3n) is 1.57. The number of nitrogens with zero attached hydrogens (tertiary/aromatic N) is 1. The number of hydrazone groups is 1. The second-order valence-corrected chi connectivity index (χ2v) is 2.52. The molecule has 0 fully saturated rings. The normalized spacial score (nSPS) is 10.2. The van der Waals surface area contributed by atoms with Crippen molar-refractivity contribution >= 4 is 24.1 Å². The summed E-state index contributed by atoms with van der Waals surface area (Å²) in [6.07, 6.45) is 1.95. The highest BCUT2D eigenvalue weighted by Gasteiger charge is 2.12. The highest BCUT2D eigenvalue weighted by molar-refractivity contribution is 6.14. The summed E-state index contributed by atoms with van der Waals surface area (Å²) in [5, 5.41) is 18.8. The molecule has 0 radical (unpaired) electrons. The fourth-order valence-electron chi connectivity index (χ4n) is 0.955. The van der Waals surface area contributed by atoms with Gasteiger partial charge >= 0.3 is 5.97 Å². The summed E-state index contributed by atoms with van der Waals surface area (Å²) in [5.41, 5.74) is 1.80. The lowest BCUT2D eigenvalue weighted by Crippen LogP contribution is -2.04. The molecule has 1 aromatic carbocycles. The zero-order valence-corrected chi connectivity index (χ0v) is 7.57. The van der Waals surface area contributed by atoms with Gasteiger partial charge in [-0.25, -0.2) is 9.18 Å². The molecule has 3 N–H and O–H groups in total. The van der Waals surface area contributed by atoms with Gasteiger partial charge in [-0.05, 0) is 12.1 Å². The molecule has 0 aliphatic heterocycles. The molecule has 78 valence electrons. The van der Waals surface area contributed by atoms with Crippen LogP contribution in [0.1, 0.15) is 10.4 Å². The first-order valence-electron chi connectivity index (χ1n) is 3.96. The Kier molecular flexibility index (Phi) is 3.50. The molecule has 0 aliphatic rings. The van der Waals surface area contributed by atoms with Gasteiger partial charge in [0.05, 0.1) is 11.8 Å². The largest absolute Gasteiger partial charge is 0.478 e. The Labute approximate surface area is 84.7 Å². The van der Waals surface area contributed by atoms with Crippen LogP contribution in [0.3, 0.4) is 0 Å². The fraction of sp³-hybridized carbons (Fsp3) is 0. The molecule has 0 heterocycles. The van der Waals surface area contributed by atoms with E-state index < -0.39 is 11.8 Å². The minimum Gasteiger partial charge on any atom is -0.478 e. The third-order valence-corrected chi connectivity index (χ3v) is 1.57. The maximum absolute atomic E-state index is 13.2. The molecule has 6 heteroatoms. The molecule has 0 saturated carbocycles. The van der Waals surface area contributed by atoms with Crippen LogP contribution in [0.2, 0.25) is 0 Å². The third kappa shape index (κ3) is 2.60. The minimum atomic E-state index is -1.25. The van der Waals surface area contributed by atoms with Gasteiger partial charge < -0.3 is 10.5 Å². The molecule has 0 amide bonds. The molecule has 0 unspecified atom stereocenters. The maximum Gasteiger partial charge on any atom is 0.337 e. The Bertz CT molecular complexity index is 418. The Morgan fingerprint density at radius 2 is 2.33 bits per heavy atom. The molecule has 0 spiro atoms. The number of hydrogen-bond acceptors (Lipinski definition) is 4. The van der Waals surface area contributed by atoms with Gasteiger partial charge in [-0.15, -0.1) is 0 Å². The van der Waals surface area contributed by atoms with Gasteiger partial charge in [0.15, 0.2) is 0 Å². The number of anilines is 1. The van der Waals surface area contributed by atoms with Crippen LogP contribution >= 0.6 is 0 Å². The molecule has 15 heavy (non-hydrogen) atoms. The van der Waals surface area contributed by atoms with Crippen molar-refractivity contribution in [3.8, 4) is 0 Å². The van der Waals surface area contributed by atoms with Crippen LogP contribution in [0.4, 0.5) is 10.1 Å². The Morgan fingerprint density at radius 3 is 2.93 bits per heavy atom. The van der Waals surface area contributed by atoms with Crippen LogP contribution in [0.15, 0.2) is 23.3 Å². The van der Waals surface area contributed by atoms with Crippen LogP contribution in [0.5, 0.6) is 0 Å². The maximum atomic E-state index is 13.2. The minimum absolute atomic E-state index is 0.211. The Morgan fingerprint density at radius 1 is 1.60 bits per heavy atom. The summed E-state index contributed by atoms with van der Waals surface area (Å²) in [4.78, 5) is 10.7. The van der Waals surface area contributed by atoms with Crippen molar-refractivity contribution in [1.82, 2.24) is 0 Å². The highest BCUT2D eigenvalue weighted by atomic mass is 19.1. The molecule has 0 bridgehead atoms. The number of benzene rings is 1. The number of rotatable bonds is 4. The second-order valence-electron chi connectivity index (χ2n) is 2.52. The number of carbonyl (C=O) groups is 1. The molecule has 0 saturated heterocycles. The van der Waals surface area contributed by atoms with Gasteiger partial charge in [0, 0.05) is 6.21 Å². The summed E-state index contributed by atoms with van der Waals surface area (Å²) >= 11 is 0. The van der Waals surface area contributed by atoms with E-state index in [0.717, 1.165) is 18.5 Å². The van der Waals surface area contributed by atoms with Crippen LogP contribution in [-0.2, 0) is 0 Å². The SMILES string of the molecule is N=C/C=N\Nc1c(F)cccc1C(=O)O. The van der Waals surface area contributed by atoms with E-state index >= 15 is 0 Å². The lowest BCUT2D eigenvalue weighted by Gasteiger charge is -2.05. The fourth-order valence-corrected chi connectivity index (χ4v) is 0.955. The Hall–Kier alpha value is -2.24. The van der Waals surface area contributed by atoms with Crippen molar-refractivity contribution in [2.45, 2.75) is 0 Å². The number of carboxylic acids is 1. The van der Waals surface area contributed by atoms with Gasteiger partial charge in [-0.1, -0.05) is 6.07 Å². The van der Waals surface area contributed by atoms with Gasteiger partial charge in [-0.3, -0.25) is 5.43 Å². The number of carboxylic acid groups (broad SMARTS) is 1. The van der Waals surface area contributed by atoms with E-state index in [4.69, 9.17) is 10.5 Å². The molecule has 0 aromatic heterocycles. The summed E-state index contributed by atoms with van der Waals surface area (Å²) in [6.45, 7) is 0. The van der Waals surface area contributed by atoms with Gasteiger partial charge in [0.25, 0.3) is 0 Å². The Balaban J connectivity index is 3.07. The first-order valence-corrected chi connectivity index (χ1v) is 3.96. The van der Waals surface area contributed by atoms with Crippen molar-refractivity contribution in [3.05, 3.63) is 29.6 Å². The van der Waals surface area contributed by atoms with E-state index in [1.807, 2.05) is 0 Å². The quantitative estimate of drug-likeness (QED) is 0.519. The molecular formula is C9H8FN3O2. The first-order chi connectivity index (χ1) is 7.16. The van der Waals surface area contributed by atoms with Crippen LogP contribution < -0.4 is 5.43 Å². The molecule has 1 rings (SSSR count). The van der Waals surface area contributed by atoms with Crippen molar-refractivity contribution in [2.75, 3.05) is 5.43 Å². The van der Waals surface area contributed by atoms with Crippen molar-refractivity contribution in [3.63, 3.8) is 0 Å². The molecule has 1 aromatic rings. The molecule has 0 aliphatic carbocycles. The smallest absolute Gasteiger partial charge is 0.337 e. The standard InChI is InChI=1S/C9H8FN3O2/c10-7-3-1-2-6(9(14)15)8(7)13-12-5-4-11/h1-5,11,13H,(H,14,15)/b11-4?,12-5-. The zero-order chi connectivity index (χ0) is 11.3. The van der Waals surface area contributed by atoms with Gasteiger partial charge in [0.2, 0.25) is 0 Å². The topological polar surface area (TPSA) is 85.5 Å². The van der Waals surface area contributed by atoms with Crippen molar-refractivity contribution in [1.29, 1.82) is 5.41 Å². The monoisotopic (exact) mass is 209 g/mol. The van der Waals surface area contributed by atoms with E-state index in [2.05, 4.69) is 10.5 Å². The first kappa shape index (κ1) is 10.8. The number of nitrogens with one attached hydrogen (secondary N) is 2. The summed E-state index contributed by atoms with van der Waals surface area (Å²) in [7, 11) is 0. The van der Waals surface area contributed by atoms with Crippen molar-refractivity contribution in [2.24, 2.45) is 5.10 Å². The van der Waals surface area contributed by atoms with Crippen LogP contribution in [0, 0.1) is 11.2 Å². The average molecular weight is 209 g/mol. The van der Waals surface area contributed by atoms with Crippen LogP contribution in [0.25, 0.3) is 0 Å². The molecule has 0 atom stereocenters. The van der Waals surface area contributed by atoms with Crippen LogP contribution in [-0.4, -0.2) is 23.5 Å². The zero-order valence-electron chi connectivity index (χ0n) is 7.57. The predicted molar refractivity (Wildman–Crippen MR) is 54.3 cm³/mol.